The van der Waals surface area contributed by atoms with Crippen LogP contribution in [-0.2, 0) is 5.41 Å². The van der Waals surface area contributed by atoms with E-state index in [1.54, 1.807) is 0 Å². The van der Waals surface area contributed by atoms with E-state index in [0.717, 1.165) is 22.7 Å². The van der Waals surface area contributed by atoms with Crippen LogP contribution in [0.2, 0.25) is 0 Å². The first kappa shape index (κ1) is 36.7. The fourth-order valence-corrected chi connectivity index (χ4v) is 12.0. The molecule has 0 radical (unpaired) electrons. The van der Waals surface area contributed by atoms with E-state index in [4.69, 9.17) is 0 Å². The summed E-state index contributed by atoms with van der Waals surface area (Å²) in [7, 11) is 0. The lowest BCUT2D eigenvalue weighted by Gasteiger charge is -2.35. The van der Waals surface area contributed by atoms with Gasteiger partial charge in [-0.1, -0.05) is 170 Å². The van der Waals surface area contributed by atoms with E-state index in [9.17, 15) is 0 Å². The number of thiophene rings is 1. The van der Waals surface area contributed by atoms with Gasteiger partial charge in [-0.3, -0.25) is 0 Å². The van der Waals surface area contributed by atoms with Crippen LogP contribution in [0.25, 0.3) is 69.9 Å². The van der Waals surface area contributed by atoms with E-state index in [1.165, 1.54) is 86.5 Å². The van der Waals surface area contributed by atoms with Crippen LogP contribution in [0.5, 0.6) is 0 Å². The molecular weight excluding hydrogens is 793 g/mol. The Labute approximate surface area is 376 Å². The molecule has 300 valence electrons. The van der Waals surface area contributed by atoms with Gasteiger partial charge in [0.05, 0.1) is 16.4 Å². The molecule has 64 heavy (non-hydrogen) atoms. The van der Waals surface area contributed by atoms with Crippen LogP contribution in [0.15, 0.2) is 243 Å². The van der Waals surface area contributed by atoms with Gasteiger partial charge in [-0.25, -0.2) is 0 Å². The number of aromatic nitrogens is 1. The highest BCUT2D eigenvalue weighted by Gasteiger charge is 2.47. The molecule has 2 aromatic heterocycles. The van der Waals surface area contributed by atoms with Gasteiger partial charge in [-0.15, -0.1) is 11.3 Å². The molecule has 0 bridgehead atoms. The summed E-state index contributed by atoms with van der Waals surface area (Å²) in [4.78, 5) is 2.35. The highest BCUT2D eigenvalue weighted by Crippen LogP contribution is 2.60. The lowest BCUT2D eigenvalue weighted by molar-refractivity contribution is 0.769. The molecule has 0 N–H and O–H groups in total. The van der Waals surface area contributed by atoms with Crippen molar-refractivity contribution < 1.29 is 0 Å². The molecule has 1 unspecified atom stereocenters. The Bertz CT molecular complexity index is 3660. The van der Waals surface area contributed by atoms with Crippen molar-refractivity contribution in [2.24, 2.45) is 0 Å². The molecule has 0 fully saturated rings. The van der Waals surface area contributed by atoms with Crippen molar-refractivity contribution in [3.05, 3.63) is 265 Å². The number of hydrogen-bond acceptors (Lipinski definition) is 2. The number of rotatable bonds is 7. The van der Waals surface area contributed by atoms with Gasteiger partial charge in [-0.05, 0) is 112 Å². The summed E-state index contributed by atoms with van der Waals surface area (Å²) in [5.74, 6) is 0. The van der Waals surface area contributed by atoms with Crippen LogP contribution in [0.4, 0.5) is 17.1 Å². The van der Waals surface area contributed by atoms with E-state index < -0.39 is 5.41 Å². The van der Waals surface area contributed by atoms with Crippen LogP contribution >= 0.6 is 11.3 Å². The Balaban J connectivity index is 1.07. The molecule has 1 atom stereocenters. The second-order valence-corrected chi connectivity index (χ2v) is 17.9. The summed E-state index contributed by atoms with van der Waals surface area (Å²) in [6.45, 7) is 0. The van der Waals surface area contributed by atoms with Crippen LogP contribution in [0.1, 0.15) is 22.3 Å². The molecule has 2 heterocycles. The van der Waals surface area contributed by atoms with Crippen LogP contribution in [0.3, 0.4) is 0 Å². The minimum Gasteiger partial charge on any atom is -0.311 e. The average molecular weight is 833 g/mol. The molecule has 0 amide bonds. The highest BCUT2D eigenvalue weighted by atomic mass is 32.1. The van der Waals surface area contributed by atoms with Gasteiger partial charge in [-0.2, -0.15) is 0 Å². The Morgan fingerprint density at radius 3 is 1.66 bits per heavy atom. The van der Waals surface area contributed by atoms with Crippen LogP contribution < -0.4 is 4.90 Å². The molecule has 0 aliphatic heterocycles. The van der Waals surface area contributed by atoms with Gasteiger partial charge < -0.3 is 9.47 Å². The molecular formula is C61H40N2S. The normalized spacial score (nSPS) is 14.3. The van der Waals surface area contributed by atoms with Crippen molar-refractivity contribution in [2.45, 2.75) is 5.41 Å². The maximum absolute atomic E-state index is 2.51. The van der Waals surface area contributed by atoms with Crippen molar-refractivity contribution in [3.63, 3.8) is 0 Å². The summed E-state index contributed by atoms with van der Waals surface area (Å²) in [5.41, 5.74) is 16.4. The van der Waals surface area contributed by atoms with E-state index in [1.807, 2.05) is 11.3 Å². The van der Waals surface area contributed by atoms with E-state index in [2.05, 4.69) is 252 Å². The number of benzene rings is 10. The van der Waals surface area contributed by atoms with Gasteiger partial charge in [0.1, 0.15) is 0 Å². The van der Waals surface area contributed by atoms with Gasteiger partial charge in [0.25, 0.3) is 0 Å². The number of anilines is 3. The zero-order valence-corrected chi connectivity index (χ0v) is 35.7. The molecule has 10 aromatic carbocycles. The van der Waals surface area contributed by atoms with Crippen molar-refractivity contribution in [2.75, 3.05) is 4.90 Å². The number of para-hydroxylation sites is 4. The van der Waals surface area contributed by atoms with Gasteiger partial charge >= 0.3 is 0 Å². The molecule has 2 nitrogen and oxygen atoms in total. The molecule has 1 aliphatic rings. The third-order valence-corrected chi connectivity index (χ3v) is 14.7. The monoisotopic (exact) mass is 832 g/mol. The molecule has 0 spiro atoms. The van der Waals surface area contributed by atoms with Gasteiger partial charge in [0, 0.05) is 59.3 Å². The molecule has 13 rings (SSSR count). The van der Waals surface area contributed by atoms with Crippen LogP contribution in [0, 0.1) is 0 Å². The number of nitrogens with zero attached hydrogens (tertiary/aromatic N) is 2. The minimum absolute atomic E-state index is 0.599. The number of hydrogen-bond donors (Lipinski definition) is 0. The zero-order valence-electron chi connectivity index (χ0n) is 34.9. The van der Waals surface area contributed by atoms with Crippen molar-refractivity contribution in [1.29, 1.82) is 0 Å². The third-order valence-electron chi connectivity index (χ3n) is 13.5. The Morgan fingerprint density at radius 1 is 0.375 bits per heavy atom. The van der Waals surface area contributed by atoms with E-state index in [0.29, 0.717) is 0 Å². The third kappa shape index (κ3) is 5.44. The lowest BCUT2D eigenvalue weighted by Crippen LogP contribution is -2.28. The Kier molecular flexibility index (Phi) is 8.34. The first-order valence-electron chi connectivity index (χ1n) is 22.0. The maximum Gasteiger partial charge on any atom is 0.0714 e. The highest BCUT2D eigenvalue weighted by molar-refractivity contribution is 7.26. The quantitative estimate of drug-likeness (QED) is 0.155. The molecule has 12 aromatic rings. The predicted octanol–water partition coefficient (Wildman–Crippen LogP) is 16.7. The van der Waals surface area contributed by atoms with Gasteiger partial charge in [0.15, 0.2) is 0 Å². The standard InChI is InChI=1S/C61H40N2S/c1-5-17-43(18-6-1)61(44-31-33-48(34-32-44)62(45-19-7-2-8-20-45)46-21-9-3-10-22-46)54-38-37-52-51-26-14-16-28-58(51)64-60(52)59(54)53-36-30-41(39-55(53)61)42-29-35-50-49-25-13-15-27-56(49)63(57(50)40-42)47-23-11-4-12-24-47/h1-40H. The number of fused-ring (bicyclic) bond motifs is 10. The molecule has 1 aliphatic carbocycles. The summed E-state index contributed by atoms with van der Waals surface area (Å²) in [6.07, 6.45) is 0. The van der Waals surface area contributed by atoms with Gasteiger partial charge in [0.2, 0.25) is 0 Å². The van der Waals surface area contributed by atoms with Crippen molar-refractivity contribution in [1.82, 2.24) is 4.57 Å². The lowest BCUT2D eigenvalue weighted by atomic mass is 9.67. The maximum atomic E-state index is 2.51. The predicted molar refractivity (Wildman–Crippen MR) is 271 cm³/mol. The smallest absolute Gasteiger partial charge is 0.0714 e. The molecule has 0 saturated carbocycles. The summed E-state index contributed by atoms with van der Waals surface area (Å²) >= 11 is 1.92. The second-order valence-electron chi connectivity index (χ2n) is 16.8. The summed E-state index contributed by atoms with van der Waals surface area (Å²) in [6, 6.07) is 89.5. The minimum atomic E-state index is -0.599. The first-order chi connectivity index (χ1) is 31.8. The Morgan fingerprint density at radius 2 is 0.922 bits per heavy atom. The van der Waals surface area contributed by atoms with Crippen molar-refractivity contribution in [3.8, 4) is 27.9 Å². The van der Waals surface area contributed by atoms with Crippen molar-refractivity contribution >= 4 is 70.4 Å². The summed E-state index contributed by atoms with van der Waals surface area (Å²) < 4.78 is 5.07. The van der Waals surface area contributed by atoms with Crippen LogP contribution in [-0.4, -0.2) is 4.57 Å². The summed E-state index contributed by atoms with van der Waals surface area (Å²) in [5, 5.41) is 5.14. The molecule has 3 heteroatoms. The topological polar surface area (TPSA) is 8.17 Å². The Hall–Kier alpha value is -7.98. The fraction of sp³-hybridized carbons (Fsp3) is 0.0164. The SMILES string of the molecule is c1ccc(N(c2ccccc2)c2ccc(C3(c4ccccc4)c4cc(-c5ccc6c7ccccc7n(-c7ccccc7)c6c5)ccc4-c4c3ccc3c4sc4ccccc43)cc2)cc1. The average Bonchev–Trinajstić information content (AvgIpc) is 4.01. The fourth-order valence-electron chi connectivity index (χ4n) is 10.7. The second kappa shape index (κ2) is 14.6. The van der Waals surface area contributed by atoms with E-state index >= 15 is 0 Å². The van der Waals surface area contributed by atoms with E-state index in [-0.39, 0.29) is 0 Å². The zero-order chi connectivity index (χ0) is 42.2. The largest absolute Gasteiger partial charge is 0.311 e. The first-order valence-corrected chi connectivity index (χ1v) is 22.8. The molecule has 0 saturated heterocycles.